The Balaban J connectivity index is 1.41. The van der Waals surface area contributed by atoms with E-state index >= 15 is 0 Å². The van der Waals surface area contributed by atoms with E-state index in [0.29, 0.717) is 23.6 Å². The first-order valence-electron chi connectivity index (χ1n) is 10.9. The molecule has 0 fully saturated rings. The van der Waals surface area contributed by atoms with Gasteiger partial charge in [-0.25, -0.2) is 0 Å². The number of nitrogens with one attached hydrogen (secondary N) is 3. The maximum atomic E-state index is 12.4. The summed E-state index contributed by atoms with van der Waals surface area (Å²) in [6.07, 6.45) is 0.690. The molecule has 3 rings (SSSR count). The maximum absolute atomic E-state index is 12.4. The Hall–Kier alpha value is -4.27. The number of hydrogen-bond acceptors (Lipinski definition) is 6. The molecule has 3 aromatic rings. The van der Waals surface area contributed by atoms with E-state index in [1.165, 1.54) is 6.26 Å². The summed E-state index contributed by atoms with van der Waals surface area (Å²) in [6.45, 7) is 4.64. The average Bonchev–Trinajstić information content (AvgIpc) is 3.38. The van der Waals surface area contributed by atoms with Gasteiger partial charge in [0.1, 0.15) is 11.5 Å². The highest BCUT2D eigenvalue weighted by Crippen LogP contribution is 2.19. The molecule has 0 saturated heterocycles. The quantitative estimate of drug-likeness (QED) is 0.374. The Morgan fingerprint density at radius 2 is 1.53 bits per heavy atom. The van der Waals surface area contributed by atoms with Crippen LogP contribution in [0.5, 0.6) is 11.5 Å². The lowest BCUT2D eigenvalue weighted by Crippen LogP contribution is -2.34. The van der Waals surface area contributed by atoms with Gasteiger partial charge in [-0.2, -0.15) is 0 Å². The van der Waals surface area contributed by atoms with Gasteiger partial charge in [0.25, 0.3) is 17.7 Å². The zero-order valence-corrected chi connectivity index (χ0v) is 19.0. The van der Waals surface area contributed by atoms with E-state index in [0.717, 1.165) is 5.75 Å². The van der Waals surface area contributed by atoms with Crippen LogP contribution in [0.4, 0.5) is 5.69 Å². The predicted molar refractivity (Wildman–Crippen MR) is 126 cm³/mol. The molecule has 9 nitrogen and oxygen atoms in total. The Kier molecular flexibility index (Phi) is 8.67. The van der Waals surface area contributed by atoms with Gasteiger partial charge in [0.15, 0.2) is 11.9 Å². The van der Waals surface area contributed by atoms with Crippen LogP contribution in [-0.4, -0.2) is 43.5 Å². The van der Waals surface area contributed by atoms with Gasteiger partial charge >= 0.3 is 0 Å². The summed E-state index contributed by atoms with van der Waals surface area (Å²) in [6, 6.07) is 16.7. The van der Waals surface area contributed by atoms with E-state index in [2.05, 4.69) is 16.0 Å². The fourth-order valence-corrected chi connectivity index (χ4v) is 2.94. The van der Waals surface area contributed by atoms with E-state index in [1.54, 1.807) is 67.6 Å². The minimum Gasteiger partial charge on any atom is -0.494 e. The molecule has 178 valence electrons. The summed E-state index contributed by atoms with van der Waals surface area (Å²) >= 11 is 0. The lowest BCUT2D eigenvalue weighted by Gasteiger charge is -2.15. The lowest BCUT2D eigenvalue weighted by molar-refractivity contribution is -0.122. The highest BCUT2D eigenvalue weighted by atomic mass is 16.5. The monoisotopic (exact) mass is 465 g/mol. The fraction of sp³-hybridized carbons (Fsp3) is 0.240. The van der Waals surface area contributed by atoms with Crippen LogP contribution in [0.15, 0.2) is 71.3 Å². The van der Waals surface area contributed by atoms with Crippen molar-refractivity contribution in [3.05, 3.63) is 78.3 Å². The summed E-state index contributed by atoms with van der Waals surface area (Å²) < 4.78 is 16.1. The Morgan fingerprint density at radius 1 is 0.882 bits per heavy atom. The predicted octanol–water partition coefficient (Wildman–Crippen LogP) is 3.24. The number of carbonyl (C=O) groups excluding carboxylic acids is 3. The molecular weight excluding hydrogens is 438 g/mol. The van der Waals surface area contributed by atoms with E-state index < -0.39 is 6.10 Å². The molecule has 1 heterocycles. The Morgan fingerprint density at radius 3 is 2.15 bits per heavy atom. The first kappa shape index (κ1) is 24.4. The van der Waals surface area contributed by atoms with Crippen LogP contribution in [0.1, 0.15) is 34.8 Å². The van der Waals surface area contributed by atoms with Crippen molar-refractivity contribution in [2.45, 2.75) is 20.0 Å². The average molecular weight is 466 g/mol. The molecule has 0 aliphatic carbocycles. The molecule has 1 aromatic heterocycles. The van der Waals surface area contributed by atoms with Crippen molar-refractivity contribution in [3.63, 3.8) is 0 Å². The minimum absolute atomic E-state index is 0.211. The third-order valence-corrected chi connectivity index (χ3v) is 4.67. The van der Waals surface area contributed by atoms with Crippen molar-refractivity contribution < 1.29 is 28.3 Å². The van der Waals surface area contributed by atoms with Crippen molar-refractivity contribution in [1.82, 2.24) is 10.6 Å². The number of hydrogen-bond donors (Lipinski definition) is 3. The second-order valence-electron chi connectivity index (χ2n) is 7.22. The maximum Gasteiger partial charge on any atom is 0.287 e. The van der Waals surface area contributed by atoms with Crippen molar-refractivity contribution in [2.75, 3.05) is 25.0 Å². The molecule has 2 aromatic carbocycles. The van der Waals surface area contributed by atoms with Crippen LogP contribution >= 0.6 is 0 Å². The number of benzene rings is 2. The van der Waals surface area contributed by atoms with Crippen molar-refractivity contribution in [2.24, 2.45) is 0 Å². The molecule has 0 bridgehead atoms. The van der Waals surface area contributed by atoms with Crippen molar-refractivity contribution in [3.8, 4) is 11.5 Å². The molecule has 1 atom stereocenters. The molecule has 3 N–H and O–H groups in total. The molecule has 34 heavy (non-hydrogen) atoms. The van der Waals surface area contributed by atoms with E-state index in [-0.39, 0.29) is 36.6 Å². The van der Waals surface area contributed by atoms with E-state index in [4.69, 9.17) is 13.9 Å². The van der Waals surface area contributed by atoms with Gasteiger partial charge < -0.3 is 29.8 Å². The number of ether oxygens (including phenoxy) is 2. The zero-order chi connectivity index (χ0) is 24.3. The van der Waals surface area contributed by atoms with Gasteiger partial charge in [0.2, 0.25) is 0 Å². The number of furan rings is 1. The lowest BCUT2D eigenvalue weighted by atomic mass is 10.2. The fourth-order valence-electron chi connectivity index (χ4n) is 2.94. The summed E-state index contributed by atoms with van der Waals surface area (Å²) in [5.74, 6) is 0.534. The topological polar surface area (TPSA) is 119 Å². The molecule has 1 unspecified atom stereocenters. The highest BCUT2D eigenvalue weighted by molar-refractivity contribution is 5.97. The van der Waals surface area contributed by atoms with Gasteiger partial charge in [-0.3, -0.25) is 14.4 Å². The van der Waals surface area contributed by atoms with Gasteiger partial charge in [0, 0.05) is 24.3 Å². The highest BCUT2D eigenvalue weighted by Gasteiger charge is 2.15. The molecule has 3 amide bonds. The summed E-state index contributed by atoms with van der Waals surface area (Å²) in [5, 5.41) is 8.12. The van der Waals surface area contributed by atoms with Crippen LogP contribution in [0.2, 0.25) is 0 Å². The third kappa shape index (κ3) is 7.13. The van der Waals surface area contributed by atoms with Gasteiger partial charge in [-0.05, 0) is 74.5 Å². The number of amides is 3. The largest absolute Gasteiger partial charge is 0.494 e. The minimum atomic E-state index is -0.725. The van der Waals surface area contributed by atoms with Crippen LogP contribution in [0.25, 0.3) is 0 Å². The molecule has 0 aliphatic heterocycles. The summed E-state index contributed by atoms with van der Waals surface area (Å²) in [7, 11) is 0. The van der Waals surface area contributed by atoms with Crippen LogP contribution < -0.4 is 25.4 Å². The van der Waals surface area contributed by atoms with E-state index in [9.17, 15) is 14.4 Å². The van der Waals surface area contributed by atoms with Gasteiger partial charge in [-0.1, -0.05) is 0 Å². The van der Waals surface area contributed by atoms with E-state index in [1.807, 2.05) is 6.92 Å². The zero-order valence-electron chi connectivity index (χ0n) is 19.0. The van der Waals surface area contributed by atoms with Crippen molar-refractivity contribution in [1.29, 1.82) is 0 Å². The van der Waals surface area contributed by atoms with Crippen LogP contribution in [0.3, 0.4) is 0 Å². The van der Waals surface area contributed by atoms with Crippen LogP contribution in [0, 0.1) is 0 Å². The van der Waals surface area contributed by atoms with Gasteiger partial charge in [0.05, 0.1) is 12.9 Å². The molecule has 0 spiro atoms. The van der Waals surface area contributed by atoms with Crippen molar-refractivity contribution >= 4 is 23.4 Å². The molecule has 9 heteroatoms. The van der Waals surface area contributed by atoms with Gasteiger partial charge in [-0.15, -0.1) is 0 Å². The SMILES string of the molecule is CCOc1ccc(OC(C)C(=O)Nc2ccc(C(=O)NCCNC(=O)c3ccco3)cc2)cc1. The molecular formula is C25H27N3O6. The second-order valence-corrected chi connectivity index (χ2v) is 7.22. The molecule has 0 saturated carbocycles. The Labute approximate surface area is 197 Å². The van der Waals surface area contributed by atoms with Crippen LogP contribution in [-0.2, 0) is 4.79 Å². The standard InChI is InChI=1S/C25H27N3O6/c1-3-32-20-10-12-21(13-11-20)34-17(2)23(29)28-19-8-6-18(7-9-19)24(30)26-14-15-27-25(31)22-5-4-16-33-22/h4-13,16-17H,3,14-15H2,1-2H3,(H,26,30)(H,27,31)(H,28,29). The third-order valence-electron chi connectivity index (χ3n) is 4.67. The number of rotatable bonds is 11. The summed E-state index contributed by atoms with van der Waals surface area (Å²) in [5.41, 5.74) is 0.962. The summed E-state index contributed by atoms with van der Waals surface area (Å²) in [4.78, 5) is 36.5. The Bertz CT molecular complexity index is 1080. The first-order chi connectivity index (χ1) is 16.5. The molecule has 0 aliphatic rings. The number of carbonyl (C=O) groups is 3. The smallest absolute Gasteiger partial charge is 0.287 e. The molecule has 0 radical (unpaired) electrons. The first-order valence-corrected chi connectivity index (χ1v) is 10.9. The number of anilines is 1. The second kappa shape index (κ2) is 12.1. The normalized spacial score (nSPS) is 11.2.